The molecule has 3 heteroatoms. The van der Waals surface area contributed by atoms with Crippen molar-refractivity contribution < 1.29 is 0 Å². The topological polar surface area (TPSA) is 30.0 Å². The molecule has 0 aliphatic heterocycles. The number of pyridine rings is 1. The summed E-state index contributed by atoms with van der Waals surface area (Å²) in [6.07, 6.45) is 1.63. The van der Waals surface area contributed by atoms with Gasteiger partial charge in [-0.2, -0.15) is 0 Å². The van der Waals surface area contributed by atoms with E-state index >= 15 is 0 Å². The molecule has 0 N–H and O–H groups in total. The minimum Gasteiger partial charge on any atom is -0.287 e. The van der Waals surface area contributed by atoms with E-state index in [0.29, 0.717) is 15.9 Å². The van der Waals surface area contributed by atoms with Crippen LogP contribution >= 0.6 is 11.6 Å². The van der Waals surface area contributed by atoms with Crippen LogP contribution in [0.25, 0.3) is 21.7 Å². The van der Waals surface area contributed by atoms with Crippen LogP contribution in [-0.2, 0) is 0 Å². The van der Waals surface area contributed by atoms with E-state index in [1.165, 1.54) is 0 Å². The molecule has 1 aromatic heterocycles. The Bertz CT molecular complexity index is 783. The summed E-state index contributed by atoms with van der Waals surface area (Å²) in [5.74, 6) is 0. The van der Waals surface area contributed by atoms with Gasteiger partial charge in [-0.15, -0.1) is 0 Å². The molecule has 2 aromatic carbocycles. The number of rotatable bonds is 0. The van der Waals surface area contributed by atoms with Crippen LogP contribution in [0.3, 0.4) is 0 Å². The van der Waals surface area contributed by atoms with E-state index in [0.717, 1.165) is 10.8 Å². The number of hydrogen-bond acceptors (Lipinski definition) is 2. The van der Waals surface area contributed by atoms with Gasteiger partial charge >= 0.3 is 0 Å². The van der Waals surface area contributed by atoms with E-state index in [1.54, 1.807) is 24.4 Å². The molecule has 82 valence electrons. The zero-order chi connectivity index (χ0) is 11.8. The smallest absolute Gasteiger partial charge is 0.212 e. The average molecular weight is 242 g/mol. The van der Waals surface area contributed by atoms with Gasteiger partial charge in [0.15, 0.2) is 0 Å². The minimum absolute atomic E-state index is 0.0581. The van der Waals surface area contributed by atoms with Crippen LogP contribution in [0.2, 0.25) is 5.02 Å². The van der Waals surface area contributed by atoms with Gasteiger partial charge in [-0.25, -0.2) is 0 Å². The number of benzene rings is 1. The highest BCUT2D eigenvalue weighted by Crippen LogP contribution is 2.18. The van der Waals surface area contributed by atoms with Crippen LogP contribution in [0, 0.1) is 0 Å². The van der Waals surface area contributed by atoms with Crippen molar-refractivity contribution in [2.45, 2.75) is 0 Å². The lowest BCUT2D eigenvalue weighted by molar-refractivity contribution is 1.41. The molecule has 0 aliphatic rings. The Labute approximate surface area is 102 Å². The van der Waals surface area contributed by atoms with Crippen molar-refractivity contribution in [1.29, 1.82) is 0 Å². The average Bonchev–Trinajstić information content (AvgIpc) is 2.48. The minimum atomic E-state index is -0.0581. The molecule has 0 radical (unpaired) electrons. The second kappa shape index (κ2) is 3.82. The van der Waals surface area contributed by atoms with E-state index in [1.807, 2.05) is 24.3 Å². The summed E-state index contributed by atoms with van der Waals surface area (Å²) < 4.78 is 0. The molecule has 0 saturated heterocycles. The Balaban J connectivity index is 2.63. The lowest BCUT2D eigenvalue weighted by atomic mass is 10.2. The number of aromatic nitrogens is 1. The van der Waals surface area contributed by atoms with Gasteiger partial charge in [0.2, 0.25) is 5.43 Å². The van der Waals surface area contributed by atoms with Gasteiger partial charge < -0.3 is 0 Å². The maximum atomic E-state index is 12.3. The molecule has 3 aromatic rings. The van der Waals surface area contributed by atoms with E-state index in [-0.39, 0.29) is 5.43 Å². The van der Waals surface area contributed by atoms with Crippen LogP contribution in [0.1, 0.15) is 0 Å². The fraction of sp³-hybridized carbons (Fsp3) is 0. The largest absolute Gasteiger partial charge is 0.287 e. The standard InChI is InChI=1S/C14H8ClNO/c15-11-5-6-12-10(8-11)4-3-9-2-1-7-16-13(9)14(12)17/h1-8H. The number of fused-ring (bicyclic) bond motifs is 2. The maximum Gasteiger partial charge on any atom is 0.212 e. The Kier molecular flexibility index (Phi) is 2.30. The summed E-state index contributed by atoms with van der Waals surface area (Å²) in [5, 5.41) is 2.94. The number of hydrogen-bond donors (Lipinski definition) is 0. The first-order valence-electron chi connectivity index (χ1n) is 5.23. The lowest BCUT2D eigenvalue weighted by Gasteiger charge is -1.92. The van der Waals surface area contributed by atoms with E-state index in [4.69, 9.17) is 11.6 Å². The molecule has 0 fully saturated rings. The van der Waals surface area contributed by atoms with Gasteiger partial charge in [-0.05, 0) is 29.7 Å². The monoisotopic (exact) mass is 241 g/mol. The number of nitrogens with zero attached hydrogens (tertiary/aromatic N) is 1. The first kappa shape index (κ1) is 10.2. The summed E-state index contributed by atoms with van der Waals surface area (Å²) in [6.45, 7) is 0. The highest BCUT2D eigenvalue weighted by molar-refractivity contribution is 6.31. The van der Waals surface area contributed by atoms with Crippen LogP contribution in [0.5, 0.6) is 0 Å². The van der Waals surface area contributed by atoms with Crippen molar-refractivity contribution in [2.24, 2.45) is 0 Å². The summed E-state index contributed by atoms with van der Waals surface area (Å²) in [5.41, 5.74) is 0.432. The molecule has 2 nitrogen and oxygen atoms in total. The predicted octanol–water partition coefficient (Wildman–Crippen LogP) is 3.40. The Hall–Kier alpha value is -1.93. The van der Waals surface area contributed by atoms with Gasteiger partial charge in [-0.3, -0.25) is 9.78 Å². The Morgan fingerprint density at radius 1 is 1.00 bits per heavy atom. The fourth-order valence-electron chi connectivity index (χ4n) is 1.93. The third kappa shape index (κ3) is 1.67. The second-order valence-corrected chi connectivity index (χ2v) is 4.27. The molecule has 0 aliphatic carbocycles. The molecule has 0 saturated carbocycles. The second-order valence-electron chi connectivity index (χ2n) is 3.84. The van der Waals surface area contributed by atoms with Crippen molar-refractivity contribution in [3.05, 3.63) is 63.9 Å². The molecule has 0 atom stereocenters. The summed E-state index contributed by atoms with van der Waals surface area (Å²) in [7, 11) is 0. The van der Waals surface area contributed by atoms with Gasteiger partial charge in [0.25, 0.3) is 0 Å². The zero-order valence-corrected chi connectivity index (χ0v) is 9.61. The number of halogens is 1. The van der Waals surface area contributed by atoms with Gasteiger partial charge in [-0.1, -0.05) is 29.8 Å². The van der Waals surface area contributed by atoms with Crippen molar-refractivity contribution in [2.75, 3.05) is 0 Å². The molecule has 0 unspecified atom stereocenters. The first-order chi connectivity index (χ1) is 8.25. The Morgan fingerprint density at radius 3 is 2.71 bits per heavy atom. The molecule has 0 bridgehead atoms. The SMILES string of the molecule is O=c1c2ccc(Cl)cc2ccc2cccnc12. The third-order valence-electron chi connectivity index (χ3n) is 2.75. The Morgan fingerprint density at radius 2 is 1.82 bits per heavy atom. The van der Waals surface area contributed by atoms with Crippen LogP contribution in [-0.4, -0.2) is 4.98 Å². The van der Waals surface area contributed by atoms with Crippen LogP contribution in [0.4, 0.5) is 0 Å². The molecule has 0 amide bonds. The third-order valence-corrected chi connectivity index (χ3v) is 2.99. The quantitative estimate of drug-likeness (QED) is 0.604. The molecular weight excluding hydrogens is 234 g/mol. The summed E-state index contributed by atoms with van der Waals surface area (Å²) in [4.78, 5) is 16.4. The van der Waals surface area contributed by atoms with E-state index in [9.17, 15) is 4.79 Å². The van der Waals surface area contributed by atoms with Crippen molar-refractivity contribution in [1.82, 2.24) is 4.98 Å². The fourth-order valence-corrected chi connectivity index (χ4v) is 2.11. The van der Waals surface area contributed by atoms with Crippen molar-refractivity contribution in [3.63, 3.8) is 0 Å². The van der Waals surface area contributed by atoms with E-state index < -0.39 is 0 Å². The van der Waals surface area contributed by atoms with Crippen LogP contribution < -0.4 is 5.43 Å². The maximum absolute atomic E-state index is 12.3. The molecular formula is C14H8ClNO. The van der Waals surface area contributed by atoms with Crippen LogP contribution in [0.15, 0.2) is 53.5 Å². The molecule has 1 heterocycles. The van der Waals surface area contributed by atoms with Gasteiger partial charge in [0, 0.05) is 22.0 Å². The van der Waals surface area contributed by atoms with Crippen molar-refractivity contribution in [3.8, 4) is 0 Å². The van der Waals surface area contributed by atoms with E-state index in [2.05, 4.69) is 4.98 Å². The highest BCUT2D eigenvalue weighted by atomic mass is 35.5. The van der Waals surface area contributed by atoms with Gasteiger partial charge in [0.05, 0.1) is 0 Å². The highest BCUT2D eigenvalue weighted by Gasteiger charge is 2.02. The normalized spacial score (nSPS) is 10.9. The molecule has 3 rings (SSSR count). The lowest BCUT2D eigenvalue weighted by Crippen LogP contribution is -1.99. The first-order valence-corrected chi connectivity index (χ1v) is 5.61. The molecule has 0 spiro atoms. The van der Waals surface area contributed by atoms with Gasteiger partial charge in [0.1, 0.15) is 5.52 Å². The molecule has 17 heavy (non-hydrogen) atoms. The predicted molar refractivity (Wildman–Crippen MR) is 70.5 cm³/mol. The van der Waals surface area contributed by atoms with Crippen molar-refractivity contribution >= 4 is 33.3 Å². The summed E-state index contributed by atoms with van der Waals surface area (Å²) in [6, 6.07) is 12.7. The summed E-state index contributed by atoms with van der Waals surface area (Å²) >= 11 is 5.93. The zero-order valence-electron chi connectivity index (χ0n) is 8.85.